The molecule has 0 unspecified atom stereocenters. The summed E-state index contributed by atoms with van der Waals surface area (Å²) in [5, 5.41) is 11.3. The van der Waals surface area contributed by atoms with Crippen LogP contribution in [0, 0.1) is 11.3 Å². The van der Waals surface area contributed by atoms with Crippen LogP contribution in [0.2, 0.25) is 0 Å². The second kappa shape index (κ2) is 6.61. The summed E-state index contributed by atoms with van der Waals surface area (Å²) in [5.74, 6) is -0.275. The number of nitriles is 1. The molecule has 0 aliphatic carbocycles. The van der Waals surface area contributed by atoms with Crippen molar-refractivity contribution in [3.05, 3.63) is 28.2 Å². The molecule has 3 nitrogen and oxygen atoms in total. The van der Waals surface area contributed by atoms with Crippen LogP contribution >= 0.6 is 15.9 Å². The summed E-state index contributed by atoms with van der Waals surface area (Å²) in [5.41, 5.74) is 0.800. The smallest absolute Gasteiger partial charge is 0.405 e. The highest BCUT2D eigenvalue weighted by Gasteiger charge is 2.31. The molecule has 0 heterocycles. The van der Waals surface area contributed by atoms with E-state index >= 15 is 0 Å². The molecular weight excluding hydrogens is 313 g/mol. The molecule has 1 aromatic carbocycles. The monoisotopic (exact) mass is 322 g/mol. The molecule has 1 rings (SSSR count). The van der Waals surface area contributed by atoms with Gasteiger partial charge in [0.1, 0.15) is 5.75 Å². The van der Waals surface area contributed by atoms with E-state index in [0.717, 1.165) is 5.56 Å². The van der Waals surface area contributed by atoms with Gasteiger partial charge in [-0.2, -0.15) is 5.26 Å². The van der Waals surface area contributed by atoms with Crippen molar-refractivity contribution in [1.82, 2.24) is 5.32 Å². The molecule has 18 heavy (non-hydrogen) atoms. The third-order valence-corrected chi connectivity index (χ3v) is 2.58. The molecule has 0 aliphatic heterocycles. The van der Waals surface area contributed by atoms with Crippen molar-refractivity contribution in [2.24, 2.45) is 0 Å². The first kappa shape index (κ1) is 14.8. The molecule has 0 spiro atoms. The van der Waals surface area contributed by atoms with Gasteiger partial charge in [0.15, 0.2) is 0 Å². The number of benzene rings is 1. The number of hydrogen-bond donors (Lipinski definition) is 1. The summed E-state index contributed by atoms with van der Waals surface area (Å²) in [6.45, 7) is 1.02. The molecule has 0 aromatic heterocycles. The Kier molecular flexibility index (Phi) is 5.44. The standard InChI is InChI=1S/C11H10BrF3N2O/c12-9-6-8(7-17-5-1-4-16)2-3-10(9)18-11(13,14)15/h2-3,6,17H,1,5,7H2. The Morgan fingerprint density at radius 2 is 2.11 bits per heavy atom. The van der Waals surface area contributed by atoms with E-state index in [1.807, 2.05) is 6.07 Å². The zero-order valence-corrected chi connectivity index (χ0v) is 10.8. The van der Waals surface area contributed by atoms with E-state index in [2.05, 4.69) is 26.0 Å². The summed E-state index contributed by atoms with van der Waals surface area (Å²) in [4.78, 5) is 0. The minimum Gasteiger partial charge on any atom is -0.405 e. The van der Waals surface area contributed by atoms with Gasteiger partial charge in [-0.1, -0.05) is 6.07 Å². The maximum Gasteiger partial charge on any atom is 0.573 e. The van der Waals surface area contributed by atoms with Crippen LogP contribution in [0.1, 0.15) is 12.0 Å². The normalized spacial score (nSPS) is 11.1. The zero-order valence-electron chi connectivity index (χ0n) is 9.22. The van der Waals surface area contributed by atoms with Crippen LogP contribution in [0.5, 0.6) is 5.75 Å². The lowest BCUT2D eigenvalue weighted by Gasteiger charge is -2.11. The predicted molar refractivity (Wildman–Crippen MR) is 62.8 cm³/mol. The number of nitrogens with one attached hydrogen (secondary N) is 1. The quantitative estimate of drug-likeness (QED) is 0.845. The van der Waals surface area contributed by atoms with E-state index in [0.29, 0.717) is 19.5 Å². The summed E-state index contributed by atoms with van der Waals surface area (Å²) in [6, 6.07) is 6.31. The highest BCUT2D eigenvalue weighted by Crippen LogP contribution is 2.30. The first-order chi connectivity index (χ1) is 8.42. The maximum absolute atomic E-state index is 12.0. The summed E-state index contributed by atoms with van der Waals surface area (Å²) in [6.07, 6.45) is -4.31. The fourth-order valence-corrected chi connectivity index (χ4v) is 1.75. The third kappa shape index (κ3) is 5.38. The lowest BCUT2D eigenvalue weighted by Crippen LogP contribution is -2.18. The first-order valence-corrected chi connectivity index (χ1v) is 5.83. The predicted octanol–water partition coefficient (Wildman–Crippen LogP) is 3.35. The summed E-state index contributed by atoms with van der Waals surface area (Å²) < 4.78 is 40.1. The van der Waals surface area contributed by atoms with Crippen LogP contribution in [0.3, 0.4) is 0 Å². The van der Waals surface area contributed by atoms with E-state index < -0.39 is 6.36 Å². The fraction of sp³-hybridized carbons (Fsp3) is 0.364. The molecule has 98 valence electrons. The molecule has 0 radical (unpaired) electrons. The molecule has 0 atom stereocenters. The molecule has 1 N–H and O–H groups in total. The van der Waals surface area contributed by atoms with Crippen LogP contribution in [-0.2, 0) is 6.54 Å². The van der Waals surface area contributed by atoms with Gasteiger partial charge in [0.05, 0.1) is 10.5 Å². The van der Waals surface area contributed by atoms with E-state index in [4.69, 9.17) is 5.26 Å². The van der Waals surface area contributed by atoms with Gasteiger partial charge in [-0.25, -0.2) is 0 Å². The molecule has 1 aromatic rings. The number of rotatable bonds is 5. The first-order valence-electron chi connectivity index (χ1n) is 5.04. The third-order valence-electron chi connectivity index (χ3n) is 1.96. The van der Waals surface area contributed by atoms with Crippen molar-refractivity contribution < 1.29 is 17.9 Å². The van der Waals surface area contributed by atoms with Gasteiger partial charge < -0.3 is 10.1 Å². The maximum atomic E-state index is 12.0. The van der Waals surface area contributed by atoms with Gasteiger partial charge in [-0.05, 0) is 33.6 Å². The Hall–Kier alpha value is -1.26. The largest absolute Gasteiger partial charge is 0.573 e. The van der Waals surface area contributed by atoms with Crippen molar-refractivity contribution in [3.8, 4) is 11.8 Å². The second-order valence-corrected chi connectivity index (χ2v) is 4.25. The van der Waals surface area contributed by atoms with Crippen LogP contribution in [0.4, 0.5) is 13.2 Å². The van der Waals surface area contributed by atoms with Crippen LogP contribution < -0.4 is 10.1 Å². The molecule has 0 bridgehead atoms. The Labute approximate surface area is 111 Å². The van der Waals surface area contributed by atoms with Gasteiger partial charge in [0.25, 0.3) is 0 Å². The number of ether oxygens (including phenoxy) is 1. The molecule has 0 saturated heterocycles. The van der Waals surface area contributed by atoms with E-state index in [-0.39, 0.29) is 10.2 Å². The topological polar surface area (TPSA) is 45.0 Å². The lowest BCUT2D eigenvalue weighted by molar-refractivity contribution is -0.274. The molecule has 7 heteroatoms. The lowest BCUT2D eigenvalue weighted by atomic mass is 10.2. The highest BCUT2D eigenvalue weighted by atomic mass is 79.9. The average Bonchev–Trinajstić information content (AvgIpc) is 2.26. The van der Waals surface area contributed by atoms with Crippen molar-refractivity contribution in [2.75, 3.05) is 6.54 Å². The molecular formula is C11H10BrF3N2O. The van der Waals surface area contributed by atoms with Gasteiger partial charge in [0, 0.05) is 19.5 Å². The summed E-state index contributed by atoms with van der Waals surface area (Å²) in [7, 11) is 0. The molecule has 0 amide bonds. The minimum atomic E-state index is -4.70. The van der Waals surface area contributed by atoms with Crippen molar-refractivity contribution >= 4 is 15.9 Å². The highest BCUT2D eigenvalue weighted by molar-refractivity contribution is 9.10. The number of halogens is 4. The number of hydrogen-bond acceptors (Lipinski definition) is 3. The van der Waals surface area contributed by atoms with E-state index in [9.17, 15) is 13.2 Å². The molecule has 0 saturated carbocycles. The molecule has 0 fully saturated rings. The molecule has 0 aliphatic rings. The van der Waals surface area contributed by atoms with Crippen molar-refractivity contribution in [2.45, 2.75) is 19.3 Å². The SMILES string of the molecule is N#CCCNCc1ccc(OC(F)(F)F)c(Br)c1. The van der Waals surface area contributed by atoms with Crippen LogP contribution in [0.15, 0.2) is 22.7 Å². The fourth-order valence-electron chi connectivity index (χ4n) is 1.24. The Bertz CT molecular complexity index is 443. The summed E-state index contributed by atoms with van der Waals surface area (Å²) >= 11 is 3.02. The van der Waals surface area contributed by atoms with Crippen molar-refractivity contribution in [3.63, 3.8) is 0 Å². The number of nitrogens with zero attached hydrogens (tertiary/aromatic N) is 1. The number of alkyl halides is 3. The van der Waals surface area contributed by atoms with Gasteiger partial charge in [0.2, 0.25) is 0 Å². The van der Waals surface area contributed by atoms with Crippen molar-refractivity contribution in [1.29, 1.82) is 5.26 Å². The average molecular weight is 323 g/mol. The van der Waals surface area contributed by atoms with Crippen LogP contribution in [-0.4, -0.2) is 12.9 Å². The zero-order chi connectivity index (χ0) is 13.6. The van der Waals surface area contributed by atoms with E-state index in [1.54, 1.807) is 6.07 Å². The van der Waals surface area contributed by atoms with Crippen LogP contribution in [0.25, 0.3) is 0 Å². The van der Waals surface area contributed by atoms with Gasteiger partial charge >= 0.3 is 6.36 Å². The van der Waals surface area contributed by atoms with Gasteiger partial charge in [-0.15, -0.1) is 13.2 Å². The van der Waals surface area contributed by atoms with E-state index in [1.165, 1.54) is 12.1 Å². The second-order valence-electron chi connectivity index (χ2n) is 3.40. The Morgan fingerprint density at radius 1 is 1.39 bits per heavy atom. The minimum absolute atomic E-state index is 0.236. The van der Waals surface area contributed by atoms with Gasteiger partial charge in [-0.3, -0.25) is 0 Å². The Balaban J connectivity index is 2.60. The Morgan fingerprint density at radius 3 is 2.67 bits per heavy atom.